The minimum atomic E-state index is -0.216. The largest absolute Gasteiger partial charge is 0.393 e. The van der Waals surface area contributed by atoms with Crippen LogP contribution in [0.2, 0.25) is 0 Å². The molecule has 12 aromatic rings. The second kappa shape index (κ2) is 28.5. The van der Waals surface area contributed by atoms with Crippen molar-refractivity contribution in [1.82, 2.24) is 28.2 Å². The van der Waals surface area contributed by atoms with Crippen LogP contribution in [-0.4, -0.2) is 73.1 Å². The lowest BCUT2D eigenvalue weighted by atomic mass is 9.89. The van der Waals surface area contributed by atoms with Gasteiger partial charge < -0.3 is 38.7 Å². The second-order valence-electron chi connectivity index (χ2n) is 29.4. The summed E-state index contributed by atoms with van der Waals surface area (Å²) in [6, 6.07) is 30.7. The van der Waals surface area contributed by atoms with Gasteiger partial charge in [0.15, 0.2) is 22.7 Å². The third-order valence-corrected chi connectivity index (χ3v) is 22.9. The summed E-state index contributed by atoms with van der Waals surface area (Å²) >= 11 is 0. The predicted octanol–water partition coefficient (Wildman–Crippen LogP) is 21.5. The monoisotopic (exact) mass is 1350 g/mol. The van der Waals surface area contributed by atoms with E-state index in [1.807, 2.05) is 76.7 Å². The molecule has 4 aliphatic rings. The maximum absolute atomic E-state index is 10.0. The van der Waals surface area contributed by atoms with Crippen LogP contribution in [0.5, 0.6) is 0 Å². The van der Waals surface area contributed by atoms with Crippen LogP contribution in [0.15, 0.2) is 135 Å². The van der Waals surface area contributed by atoms with E-state index in [4.69, 9.17) is 26.3 Å². The van der Waals surface area contributed by atoms with E-state index in [9.17, 15) is 20.4 Å². The molecule has 6 aromatic heterocycles. The molecule has 0 aliphatic heterocycles. The summed E-state index contributed by atoms with van der Waals surface area (Å²) in [7, 11) is 0. The van der Waals surface area contributed by atoms with Crippen molar-refractivity contribution in [3.63, 3.8) is 0 Å². The van der Waals surface area contributed by atoms with Crippen LogP contribution in [0.25, 0.3) is 107 Å². The van der Waals surface area contributed by atoms with Gasteiger partial charge in [-0.25, -0.2) is 19.4 Å². The van der Waals surface area contributed by atoms with E-state index in [1.54, 1.807) is 0 Å². The highest BCUT2D eigenvalue weighted by atomic mass is 16.3. The molecule has 4 unspecified atom stereocenters. The molecule has 0 radical (unpaired) electrons. The van der Waals surface area contributed by atoms with E-state index in [-0.39, 0.29) is 24.4 Å². The van der Waals surface area contributed by atoms with Crippen LogP contribution in [-0.2, 0) is 0 Å². The Hall–Kier alpha value is -10.4. The van der Waals surface area contributed by atoms with Gasteiger partial charge in [0.2, 0.25) is 0 Å². The summed E-state index contributed by atoms with van der Waals surface area (Å²) in [5.41, 5.74) is 30.6. The zero-order chi connectivity index (χ0) is 72.3. The summed E-state index contributed by atoms with van der Waals surface area (Å²) < 4.78 is 9.23. The smallest absolute Gasteiger partial charge is 0.190 e. The number of hydrogen-bond donors (Lipinski definition) is 4. The Bertz CT molecular complexity index is 5130. The predicted molar refractivity (Wildman–Crippen MR) is 413 cm³/mol. The summed E-state index contributed by atoms with van der Waals surface area (Å²) in [6.07, 6.45) is 24.1. The Morgan fingerprint density at radius 1 is 0.304 bits per heavy atom. The Balaban J connectivity index is 0.000000121. The van der Waals surface area contributed by atoms with Crippen molar-refractivity contribution in [2.24, 2.45) is 0 Å². The Labute approximate surface area is 599 Å². The standard InChI is InChI=1S/C23H24N2O.C22H23N3O.C22H22N2O.C21H21N3O/c1-14-6-5-7-19(16(14)3)21-13-25(17-8-9-18(26)11-17)23-10-15(2)22(24-4)12-20(21)23;1-13-7-22-18(9-21(13)23-4)20(19-11-24-10-14(2)15(19)3)12-25(22)16-5-6-17(26)8-16;1-13-6-5-7-18(15(13)3)20-12-24(16-9-17(25)10-16)22-8-14(2)21(23-4)11-19(20)22;1-12-5-21-17(8-20(12)22-4)19(11-24(21)15-6-16(25)7-15)18-10-23-9-13(2)14(18)3/h5-7,10,12-13,17-18,26H,8-9,11H2,1-3H3;7,9-12,16-17,26H,5-6,8H2,1-3H3;5-8,11-12,16-17,25H,9-10H2,1-3H3;5,8-11,15-16,25H,6-7H2,1-3H3. The van der Waals surface area contributed by atoms with E-state index in [2.05, 4.69) is 188 Å². The van der Waals surface area contributed by atoms with Crippen molar-refractivity contribution in [1.29, 1.82) is 0 Å². The number of aliphatic hydroxyl groups excluding tert-OH is 4. The van der Waals surface area contributed by atoms with Gasteiger partial charge in [-0.3, -0.25) is 9.97 Å². The van der Waals surface area contributed by atoms with Crippen LogP contribution in [0.4, 0.5) is 22.7 Å². The first-order chi connectivity index (χ1) is 49.0. The van der Waals surface area contributed by atoms with Crippen molar-refractivity contribution < 1.29 is 20.4 Å². The van der Waals surface area contributed by atoms with Gasteiger partial charge in [0.1, 0.15) is 0 Å². The molecule has 4 N–H and O–H groups in total. The van der Waals surface area contributed by atoms with Crippen LogP contribution in [0.1, 0.15) is 155 Å². The third-order valence-electron chi connectivity index (χ3n) is 22.9. The Kier molecular flexibility index (Phi) is 19.6. The molecule has 0 amide bonds. The van der Waals surface area contributed by atoms with E-state index in [0.717, 1.165) is 158 Å². The number of aromatic nitrogens is 6. The van der Waals surface area contributed by atoms with Gasteiger partial charge in [-0.1, -0.05) is 36.4 Å². The van der Waals surface area contributed by atoms with Crippen molar-refractivity contribution in [3.05, 3.63) is 247 Å². The van der Waals surface area contributed by atoms with E-state index < -0.39 is 0 Å². The van der Waals surface area contributed by atoms with Gasteiger partial charge in [-0.15, -0.1) is 0 Å². The number of aryl methyl sites for hydroxylation is 8. The normalized spacial score (nSPS) is 19.7. The highest BCUT2D eigenvalue weighted by Gasteiger charge is 2.34. The molecule has 6 heterocycles. The van der Waals surface area contributed by atoms with Gasteiger partial charge in [-0.2, -0.15) is 0 Å². The first kappa shape index (κ1) is 70.0. The fraction of sp³-hybridized carbons (Fsp3) is 0.341. The zero-order valence-corrected chi connectivity index (χ0v) is 60.7. The molecule has 0 bridgehead atoms. The molecule has 6 aromatic carbocycles. The van der Waals surface area contributed by atoms with Gasteiger partial charge in [-0.05, 0) is 295 Å². The molecule has 4 atom stereocenters. The quantitative estimate of drug-likeness (QED) is 0.112. The molecular weight excluding hydrogens is 1260 g/mol. The average molecular weight is 1350 g/mol. The zero-order valence-electron chi connectivity index (χ0n) is 60.7. The first-order valence-electron chi connectivity index (χ1n) is 35.8. The molecule has 4 fully saturated rings. The van der Waals surface area contributed by atoms with Gasteiger partial charge in [0.25, 0.3) is 0 Å². The number of rotatable bonds is 8. The third kappa shape index (κ3) is 13.1. The summed E-state index contributed by atoms with van der Waals surface area (Å²) in [5.74, 6) is 0. The number of fused-ring (bicyclic) bond motifs is 4. The van der Waals surface area contributed by atoms with Crippen molar-refractivity contribution in [3.8, 4) is 44.5 Å². The molecule has 102 heavy (non-hydrogen) atoms. The first-order valence-corrected chi connectivity index (χ1v) is 35.8. The maximum Gasteiger partial charge on any atom is 0.190 e. The number of benzene rings is 6. The fourth-order valence-electron chi connectivity index (χ4n) is 15.9. The van der Waals surface area contributed by atoms with E-state index in [0.29, 0.717) is 46.9 Å². The molecule has 0 spiro atoms. The van der Waals surface area contributed by atoms with Crippen LogP contribution < -0.4 is 0 Å². The molecule has 4 aliphatic carbocycles. The number of nitrogens with zero attached hydrogens (tertiary/aromatic N) is 10. The molecule has 14 nitrogen and oxygen atoms in total. The van der Waals surface area contributed by atoms with Crippen LogP contribution in [0.3, 0.4) is 0 Å². The van der Waals surface area contributed by atoms with Gasteiger partial charge >= 0.3 is 0 Å². The average Bonchev–Trinajstić information content (AvgIpc) is 1.62. The molecule has 4 saturated carbocycles. The van der Waals surface area contributed by atoms with Crippen molar-refractivity contribution in [2.75, 3.05) is 0 Å². The van der Waals surface area contributed by atoms with Gasteiger partial charge in [0.05, 0.1) is 50.7 Å². The minimum absolute atomic E-state index is 0.185. The van der Waals surface area contributed by atoms with Crippen LogP contribution >= 0.6 is 0 Å². The second-order valence-corrected chi connectivity index (χ2v) is 29.4. The molecule has 516 valence electrons. The lowest BCUT2D eigenvalue weighted by Crippen LogP contribution is -2.30. The highest BCUT2D eigenvalue weighted by Crippen LogP contribution is 2.47. The van der Waals surface area contributed by atoms with Crippen molar-refractivity contribution in [2.45, 2.75) is 196 Å². The maximum atomic E-state index is 10.0. The summed E-state index contributed by atoms with van der Waals surface area (Å²) in [4.78, 5) is 23.6. The molecule has 16 rings (SSSR count). The van der Waals surface area contributed by atoms with Crippen molar-refractivity contribution >= 4 is 66.4 Å². The molecular formula is C88H90N10O4. The lowest BCUT2D eigenvalue weighted by Gasteiger charge is -2.33. The van der Waals surface area contributed by atoms with E-state index >= 15 is 0 Å². The minimum Gasteiger partial charge on any atom is -0.393 e. The van der Waals surface area contributed by atoms with Crippen LogP contribution in [0, 0.1) is 109 Å². The Morgan fingerprint density at radius 2 is 0.578 bits per heavy atom. The lowest BCUT2D eigenvalue weighted by molar-refractivity contribution is 0.0500. The highest BCUT2D eigenvalue weighted by molar-refractivity contribution is 6.03. The number of hydrogen-bond acceptors (Lipinski definition) is 6. The molecule has 14 heteroatoms. The fourth-order valence-corrected chi connectivity index (χ4v) is 15.9. The summed E-state index contributed by atoms with van der Waals surface area (Å²) in [5, 5.41) is 44.0. The van der Waals surface area contributed by atoms with E-state index in [1.165, 1.54) is 61.2 Å². The topological polar surface area (TPSA) is 144 Å². The molecule has 0 saturated heterocycles. The number of pyridine rings is 2. The summed E-state index contributed by atoms with van der Waals surface area (Å²) in [6.45, 7) is 54.9. The van der Waals surface area contributed by atoms with Gasteiger partial charge in [0, 0.05) is 129 Å². The SMILES string of the molecule is [C-]#[N+]c1cc2c(-c3cccc(C)c3C)cn(C3CC(O)C3)c2cc1C.[C-]#[N+]c1cc2c(-c3cccc(C)c3C)cn(C3CCC(O)C3)c2cc1C.[C-]#[N+]c1cc2c(-c3cncc(C)c3C)cn(C3CC(O)C3)c2cc1C.[C-]#[N+]c1cc2c(-c3cncc(C)c3C)cn(C3CCC(O)C3)c2cc1C. The Morgan fingerprint density at radius 3 is 0.853 bits per heavy atom. The number of aliphatic hydroxyl groups is 4.